The average Bonchev–Trinajstić information content (AvgIpc) is 3.14. The molecule has 0 spiro atoms. The predicted molar refractivity (Wildman–Crippen MR) is 96.5 cm³/mol. The van der Waals surface area contributed by atoms with Crippen LogP contribution >= 0.6 is 11.3 Å². The number of nitrogens with zero attached hydrogens (tertiary/aromatic N) is 2. The summed E-state index contributed by atoms with van der Waals surface area (Å²) in [5.41, 5.74) is 1.11. The Hall–Kier alpha value is -2.41. The van der Waals surface area contributed by atoms with E-state index in [0.717, 1.165) is 37.7 Å². The fourth-order valence-electron chi connectivity index (χ4n) is 3.13. The van der Waals surface area contributed by atoms with Crippen LogP contribution in [0.2, 0.25) is 0 Å². The number of piperidine rings is 1. The van der Waals surface area contributed by atoms with E-state index in [9.17, 15) is 14.7 Å². The minimum Gasteiger partial charge on any atom is -0.508 e. The summed E-state index contributed by atoms with van der Waals surface area (Å²) in [6.07, 6.45) is 6.11. The standard InChI is InChI=1S/C18H21N3O3S/c22-15-8-5-13(6-9-15)4-7-14-3-1-2-11-21(14)17(24)16(23)20-18-19-10-12-25-18/h5-6,8-10,12,14,22H,1-4,7,11H2,(H,19,20,23)/t14-/m0/s1. The average molecular weight is 359 g/mol. The van der Waals surface area contributed by atoms with Gasteiger partial charge in [-0.3, -0.25) is 14.9 Å². The zero-order valence-corrected chi connectivity index (χ0v) is 14.7. The van der Waals surface area contributed by atoms with E-state index in [0.29, 0.717) is 11.7 Å². The first-order valence-corrected chi connectivity index (χ1v) is 9.31. The zero-order chi connectivity index (χ0) is 17.6. The van der Waals surface area contributed by atoms with E-state index in [1.54, 1.807) is 28.6 Å². The highest BCUT2D eigenvalue weighted by Crippen LogP contribution is 2.23. The predicted octanol–water partition coefficient (Wildman–Crippen LogP) is 2.80. The van der Waals surface area contributed by atoms with E-state index in [-0.39, 0.29) is 11.8 Å². The van der Waals surface area contributed by atoms with Crippen LogP contribution in [0.5, 0.6) is 5.75 Å². The number of nitrogens with one attached hydrogen (secondary N) is 1. The molecule has 132 valence electrons. The minimum atomic E-state index is -0.619. The van der Waals surface area contributed by atoms with Gasteiger partial charge in [0.1, 0.15) is 5.75 Å². The molecule has 2 amide bonds. The number of aromatic hydroxyl groups is 1. The SMILES string of the molecule is O=C(Nc1nccs1)C(=O)N1CCCC[C@H]1CCc1ccc(O)cc1. The van der Waals surface area contributed by atoms with E-state index >= 15 is 0 Å². The summed E-state index contributed by atoms with van der Waals surface area (Å²) >= 11 is 1.29. The molecule has 0 bridgehead atoms. The second-order valence-electron chi connectivity index (χ2n) is 6.14. The number of hydrogen-bond acceptors (Lipinski definition) is 5. The van der Waals surface area contributed by atoms with E-state index in [1.807, 2.05) is 12.1 Å². The smallest absolute Gasteiger partial charge is 0.315 e. The molecule has 1 aromatic heterocycles. The van der Waals surface area contributed by atoms with Gasteiger partial charge in [0.15, 0.2) is 5.13 Å². The Morgan fingerprint density at radius 2 is 2.08 bits per heavy atom. The first kappa shape index (κ1) is 17.4. The number of hydrogen-bond donors (Lipinski definition) is 2. The van der Waals surface area contributed by atoms with Gasteiger partial charge >= 0.3 is 11.8 Å². The maximum Gasteiger partial charge on any atom is 0.315 e. The highest BCUT2D eigenvalue weighted by atomic mass is 32.1. The third-order valence-electron chi connectivity index (χ3n) is 4.44. The molecule has 25 heavy (non-hydrogen) atoms. The molecule has 0 unspecified atom stereocenters. The molecule has 1 atom stereocenters. The van der Waals surface area contributed by atoms with Crippen LogP contribution in [0.1, 0.15) is 31.2 Å². The topological polar surface area (TPSA) is 82.5 Å². The number of rotatable bonds is 4. The number of carbonyl (C=O) groups is 2. The van der Waals surface area contributed by atoms with Crippen molar-refractivity contribution in [2.75, 3.05) is 11.9 Å². The third kappa shape index (κ3) is 4.57. The molecule has 6 nitrogen and oxygen atoms in total. The quantitative estimate of drug-likeness (QED) is 0.823. The van der Waals surface area contributed by atoms with E-state index in [4.69, 9.17) is 0 Å². The molecular formula is C18H21N3O3S. The Morgan fingerprint density at radius 3 is 2.80 bits per heavy atom. The van der Waals surface area contributed by atoms with Crippen LogP contribution in [-0.4, -0.2) is 39.4 Å². The maximum atomic E-state index is 12.5. The van der Waals surface area contributed by atoms with Gasteiger partial charge in [-0.25, -0.2) is 4.98 Å². The van der Waals surface area contributed by atoms with Crippen molar-refractivity contribution in [1.29, 1.82) is 0 Å². The summed E-state index contributed by atoms with van der Waals surface area (Å²) in [7, 11) is 0. The van der Waals surface area contributed by atoms with Crippen LogP contribution in [0, 0.1) is 0 Å². The number of amides is 2. The van der Waals surface area contributed by atoms with Crippen LogP contribution < -0.4 is 5.32 Å². The fourth-order valence-corrected chi connectivity index (χ4v) is 3.65. The highest BCUT2D eigenvalue weighted by molar-refractivity contribution is 7.13. The number of phenolic OH excluding ortho intramolecular Hbond substituents is 1. The first-order valence-electron chi connectivity index (χ1n) is 8.43. The van der Waals surface area contributed by atoms with Crippen molar-refractivity contribution < 1.29 is 14.7 Å². The molecule has 2 aromatic rings. The van der Waals surface area contributed by atoms with Crippen molar-refractivity contribution in [2.24, 2.45) is 0 Å². The summed E-state index contributed by atoms with van der Waals surface area (Å²) in [4.78, 5) is 30.4. The summed E-state index contributed by atoms with van der Waals surface area (Å²) in [5.74, 6) is -0.853. The number of carbonyl (C=O) groups excluding carboxylic acids is 2. The van der Waals surface area contributed by atoms with Crippen LogP contribution in [0.25, 0.3) is 0 Å². The second kappa shape index (κ2) is 8.11. The van der Waals surface area contributed by atoms with Crippen LogP contribution in [0.4, 0.5) is 5.13 Å². The summed E-state index contributed by atoms with van der Waals surface area (Å²) in [5, 5.41) is 14.1. The number of aromatic nitrogens is 1. The molecule has 0 saturated carbocycles. The third-order valence-corrected chi connectivity index (χ3v) is 5.13. The van der Waals surface area contributed by atoms with Crippen LogP contribution in [-0.2, 0) is 16.0 Å². The number of anilines is 1. The maximum absolute atomic E-state index is 12.5. The number of benzene rings is 1. The number of likely N-dealkylation sites (tertiary alicyclic amines) is 1. The monoisotopic (exact) mass is 359 g/mol. The first-order chi connectivity index (χ1) is 12.1. The molecule has 3 rings (SSSR count). The van der Waals surface area contributed by atoms with Gasteiger partial charge in [0.05, 0.1) is 0 Å². The van der Waals surface area contributed by atoms with Crippen molar-refractivity contribution in [2.45, 2.75) is 38.1 Å². The molecule has 1 aliphatic heterocycles. The molecule has 0 radical (unpaired) electrons. The van der Waals surface area contributed by atoms with Gasteiger partial charge in [-0.2, -0.15) is 0 Å². The summed E-state index contributed by atoms with van der Waals surface area (Å²) in [6.45, 7) is 0.615. The largest absolute Gasteiger partial charge is 0.508 e. The van der Waals surface area contributed by atoms with E-state index in [2.05, 4.69) is 10.3 Å². The number of thiazole rings is 1. The van der Waals surface area contributed by atoms with E-state index in [1.165, 1.54) is 11.3 Å². The molecule has 1 aromatic carbocycles. The Bertz CT molecular complexity index is 716. The molecule has 1 fully saturated rings. The molecule has 2 heterocycles. The lowest BCUT2D eigenvalue weighted by molar-refractivity contribution is -0.145. The molecular weight excluding hydrogens is 338 g/mol. The molecule has 1 aliphatic rings. The van der Waals surface area contributed by atoms with Crippen LogP contribution in [0.3, 0.4) is 0 Å². The van der Waals surface area contributed by atoms with Gasteiger partial charge in [-0.05, 0) is 49.8 Å². The highest BCUT2D eigenvalue weighted by Gasteiger charge is 2.30. The summed E-state index contributed by atoms with van der Waals surface area (Å²) in [6, 6.07) is 7.18. The summed E-state index contributed by atoms with van der Waals surface area (Å²) < 4.78 is 0. The Morgan fingerprint density at radius 1 is 1.28 bits per heavy atom. The van der Waals surface area contributed by atoms with Gasteiger partial charge in [0.25, 0.3) is 0 Å². The Labute approximate surface area is 150 Å². The van der Waals surface area contributed by atoms with Crippen molar-refractivity contribution in [3.8, 4) is 5.75 Å². The number of aryl methyl sites for hydroxylation is 1. The van der Waals surface area contributed by atoms with Crippen molar-refractivity contribution >= 4 is 28.3 Å². The zero-order valence-electron chi connectivity index (χ0n) is 13.9. The molecule has 1 saturated heterocycles. The van der Waals surface area contributed by atoms with Gasteiger partial charge < -0.3 is 10.0 Å². The molecule has 2 N–H and O–H groups in total. The minimum absolute atomic E-state index is 0.0668. The van der Waals surface area contributed by atoms with E-state index < -0.39 is 11.8 Å². The van der Waals surface area contributed by atoms with Gasteiger partial charge in [-0.15, -0.1) is 11.3 Å². The lowest BCUT2D eigenvalue weighted by atomic mass is 9.95. The normalized spacial score (nSPS) is 17.3. The van der Waals surface area contributed by atoms with Gasteiger partial charge in [0, 0.05) is 24.2 Å². The fraction of sp³-hybridized carbons (Fsp3) is 0.389. The number of phenols is 1. The van der Waals surface area contributed by atoms with Gasteiger partial charge in [-0.1, -0.05) is 12.1 Å². The molecule has 7 heteroatoms. The van der Waals surface area contributed by atoms with Gasteiger partial charge in [0.2, 0.25) is 0 Å². The Kier molecular flexibility index (Phi) is 5.65. The van der Waals surface area contributed by atoms with Crippen LogP contribution in [0.15, 0.2) is 35.8 Å². The lowest BCUT2D eigenvalue weighted by Gasteiger charge is -2.35. The van der Waals surface area contributed by atoms with Crippen molar-refractivity contribution in [1.82, 2.24) is 9.88 Å². The van der Waals surface area contributed by atoms with Crippen molar-refractivity contribution in [3.05, 3.63) is 41.4 Å². The van der Waals surface area contributed by atoms with Crippen molar-refractivity contribution in [3.63, 3.8) is 0 Å². The second-order valence-corrected chi connectivity index (χ2v) is 7.04. The molecule has 0 aliphatic carbocycles. The lowest BCUT2D eigenvalue weighted by Crippen LogP contribution is -2.48. The Balaban J connectivity index is 1.60.